The molecule has 5 nitrogen and oxygen atoms in total. The van der Waals surface area contributed by atoms with E-state index in [1.54, 1.807) is 36.0 Å². The number of aryl methyl sites for hydroxylation is 1. The van der Waals surface area contributed by atoms with Crippen molar-refractivity contribution in [1.82, 2.24) is 0 Å². The first kappa shape index (κ1) is 27.4. The van der Waals surface area contributed by atoms with Crippen molar-refractivity contribution in [1.29, 1.82) is 0 Å². The average molecular weight is 539 g/mol. The summed E-state index contributed by atoms with van der Waals surface area (Å²) in [4.78, 5) is 14.5. The van der Waals surface area contributed by atoms with Crippen LogP contribution in [0, 0.1) is 18.8 Å². The largest absolute Gasteiger partial charge is 0.460 e. The Hall–Kier alpha value is -2.61. The van der Waals surface area contributed by atoms with Crippen LogP contribution in [-0.4, -0.2) is 31.8 Å². The summed E-state index contributed by atoms with van der Waals surface area (Å²) in [6.45, 7) is 7.38. The number of hydrogen-bond acceptors (Lipinski definition) is 6. The van der Waals surface area contributed by atoms with Crippen molar-refractivity contribution in [2.24, 2.45) is 11.8 Å². The van der Waals surface area contributed by atoms with Gasteiger partial charge in [0.15, 0.2) is 0 Å². The number of benzene rings is 3. The monoisotopic (exact) mass is 538 g/mol. The van der Waals surface area contributed by atoms with E-state index in [1.807, 2.05) is 45.9 Å². The number of carbonyl (C=O) groups is 1. The highest BCUT2D eigenvalue weighted by Gasteiger charge is 2.44. The molecule has 37 heavy (non-hydrogen) atoms. The van der Waals surface area contributed by atoms with Crippen molar-refractivity contribution >= 4 is 27.8 Å². The van der Waals surface area contributed by atoms with Crippen LogP contribution in [0.1, 0.15) is 39.2 Å². The van der Waals surface area contributed by atoms with Gasteiger partial charge in [0.2, 0.25) is 0 Å². The quantitative estimate of drug-likeness (QED) is 0.230. The summed E-state index contributed by atoms with van der Waals surface area (Å²) in [5, 5.41) is -0.0342. The molecule has 0 heterocycles. The third kappa shape index (κ3) is 7.24. The molecule has 0 amide bonds. The van der Waals surface area contributed by atoms with Gasteiger partial charge in [-0.15, -0.1) is 11.8 Å². The first-order valence-corrected chi connectivity index (χ1v) is 14.8. The van der Waals surface area contributed by atoms with Gasteiger partial charge in [-0.2, -0.15) is 8.42 Å². The van der Waals surface area contributed by atoms with Crippen LogP contribution in [-0.2, 0) is 23.8 Å². The zero-order valence-corrected chi connectivity index (χ0v) is 23.3. The Labute approximate surface area is 224 Å². The topological polar surface area (TPSA) is 69.7 Å². The molecule has 0 aromatic heterocycles. The van der Waals surface area contributed by atoms with Gasteiger partial charge in [0.1, 0.15) is 5.60 Å². The third-order valence-electron chi connectivity index (χ3n) is 6.41. The molecule has 0 bridgehead atoms. The van der Waals surface area contributed by atoms with Crippen molar-refractivity contribution in [3.63, 3.8) is 0 Å². The Kier molecular flexibility index (Phi) is 8.46. The molecule has 1 saturated carbocycles. The maximum atomic E-state index is 13.3. The Morgan fingerprint density at radius 2 is 1.51 bits per heavy atom. The lowest BCUT2D eigenvalue weighted by molar-refractivity contribution is -0.161. The molecule has 3 aromatic rings. The van der Waals surface area contributed by atoms with Gasteiger partial charge >= 0.3 is 5.97 Å². The molecule has 0 aliphatic heterocycles. The normalized spacial score (nSPS) is 20.1. The second-order valence-corrected chi connectivity index (χ2v) is 13.4. The molecule has 0 N–H and O–H groups in total. The molecule has 0 saturated heterocycles. The Bertz CT molecular complexity index is 1290. The predicted octanol–water partition coefficient (Wildman–Crippen LogP) is 6.90. The number of rotatable bonds is 8. The fourth-order valence-electron chi connectivity index (χ4n) is 4.56. The molecule has 4 rings (SSSR count). The van der Waals surface area contributed by atoms with Gasteiger partial charge in [-0.3, -0.25) is 8.98 Å². The molecule has 3 atom stereocenters. The SMILES string of the molecule is Cc1ccc(S(=O)(=O)OC[C@@H]2CC[C@H](Sc3ccc(-c4ccccc4)cc3)[C@H]2C(=O)OC(C)(C)C)cc1. The summed E-state index contributed by atoms with van der Waals surface area (Å²) in [6, 6.07) is 25.1. The molecule has 1 fully saturated rings. The standard InChI is InChI=1S/C30H34O5S2/c1-21-10-17-26(18-11-21)37(32,33)34-20-24-14-19-27(28(24)29(31)35-30(2,3)4)36-25-15-12-23(13-16-25)22-8-6-5-7-9-22/h5-13,15-18,24,27-28H,14,19-20H2,1-4H3/t24-,27-,28-/m0/s1. The van der Waals surface area contributed by atoms with Crippen molar-refractivity contribution in [3.8, 4) is 11.1 Å². The highest BCUT2D eigenvalue weighted by molar-refractivity contribution is 8.00. The Morgan fingerprint density at radius 3 is 2.14 bits per heavy atom. The fourth-order valence-corrected chi connectivity index (χ4v) is 6.89. The van der Waals surface area contributed by atoms with Crippen LogP contribution in [0.15, 0.2) is 88.7 Å². The lowest BCUT2D eigenvalue weighted by Crippen LogP contribution is -2.35. The number of thioether (sulfide) groups is 1. The van der Waals surface area contributed by atoms with E-state index in [-0.39, 0.29) is 28.6 Å². The molecule has 0 unspecified atom stereocenters. The minimum Gasteiger partial charge on any atom is -0.460 e. The highest BCUT2D eigenvalue weighted by atomic mass is 32.2. The van der Waals surface area contributed by atoms with E-state index in [9.17, 15) is 13.2 Å². The lowest BCUT2D eigenvalue weighted by Gasteiger charge is -2.27. The van der Waals surface area contributed by atoms with Crippen molar-refractivity contribution < 1.29 is 22.1 Å². The van der Waals surface area contributed by atoms with E-state index in [2.05, 4.69) is 36.4 Å². The number of ether oxygens (including phenoxy) is 1. The Morgan fingerprint density at radius 1 is 0.892 bits per heavy atom. The molecule has 3 aromatic carbocycles. The first-order valence-electron chi connectivity index (χ1n) is 12.5. The van der Waals surface area contributed by atoms with E-state index in [1.165, 1.54) is 0 Å². The fraction of sp³-hybridized carbons (Fsp3) is 0.367. The third-order valence-corrected chi connectivity index (χ3v) is 9.08. The van der Waals surface area contributed by atoms with E-state index < -0.39 is 21.6 Å². The molecule has 0 spiro atoms. The van der Waals surface area contributed by atoms with Gasteiger partial charge < -0.3 is 4.74 Å². The van der Waals surface area contributed by atoms with Crippen LogP contribution < -0.4 is 0 Å². The maximum Gasteiger partial charge on any atom is 0.310 e. The van der Waals surface area contributed by atoms with Crippen LogP contribution in [0.2, 0.25) is 0 Å². The van der Waals surface area contributed by atoms with Crippen LogP contribution in [0.5, 0.6) is 0 Å². The van der Waals surface area contributed by atoms with Gasteiger partial charge in [-0.1, -0.05) is 60.2 Å². The second kappa shape index (κ2) is 11.4. The van der Waals surface area contributed by atoms with Gasteiger partial charge in [-0.25, -0.2) is 0 Å². The van der Waals surface area contributed by atoms with Gasteiger partial charge in [0, 0.05) is 10.1 Å². The zero-order valence-electron chi connectivity index (χ0n) is 21.7. The van der Waals surface area contributed by atoms with Gasteiger partial charge in [0.25, 0.3) is 10.1 Å². The molecule has 7 heteroatoms. The van der Waals surface area contributed by atoms with Crippen molar-refractivity contribution in [2.45, 2.75) is 61.2 Å². The van der Waals surface area contributed by atoms with Crippen LogP contribution in [0.25, 0.3) is 11.1 Å². The van der Waals surface area contributed by atoms with Crippen LogP contribution in [0.4, 0.5) is 0 Å². The predicted molar refractivity (Wildman–Crippen MR) is 148 cm³/mol. The molecule has 1 aliphatic carbocycles. The van der Waals surface area contributed by atoms with Crippen LogP contribution >= 0.6 is 11.8 Å². The smallest absolute Gasteiger partial charge is 0.310 e. The summed E-state index contributed by atoms with van der Waals surface area (Å²) in [6.07, 6.45) is 1.46. The average Bonchev–Trinajstić information content (AvgIpc) is 3.26. The van der Waals surface area contributed by atoms with Gasteiger partial charge in [-0.05, 0) is 81.8 Å². The highest BCUT2D eigenvalue weighted by Crippen LogP contribution is 2.44. The molecule has 1 aliphatic rings. The summed E-state index contributed by atoms with van der Waals surface area (Å²) >= 11 is 1.65. The van der Waals surface area contributed by atoms with E-state index in [0.717, 1.165) is 28.0 Å². The minimum absolute atomic E-state index is 0.0342. The summed E-state index contributed by atoms with van der Waals surface area (Å²) in [7, 11) is -3.92. The molecular formula is C30H34O5S2. The molecule has 0 radical (unpaired) electrons. The number of esters is 1. The summed E-state index contributed by atoms with van der Waals surface area (Å²) in [5.41, 5.74) is 2.62. The van der Waals surface area contributed by atoms with Crippen molar-refractivity contribution in [3.05, 3.63) is 84.4 Å². The van der Waals surface area contributed by atoms with Crippen LogP contribution in [0.3, 0.4) is 0 Å². The van der Waals surface area contributed by atoms with E-state index >= 15 is 0 Å². The van der Waals surface area contributed by atoms with E-state index in [0.29, 0.717) is 6.42 Å². The maximum absolute atomic E-state index is 13.3. The number of carbonyl (C=O) groups excluding carboxylic acids is 1. The minimum atomic E-state index is -3.92. The Balaban J connectivity index is 1.49. The zero-order chi connectivity index (χ0) is 26.6. The summed E-state index contributed by atoms with van der Waals surface area (Å²) < 4.78 is 36.8. The summed E-state index contributed by atoms with van der Waals surface area (Å²) in [5.74, 6) is -1.02. The number of hydrogen-bond donors (Lipinski definition) is 0. The van der Waals surface area contributed by atoms with Crippen molar-refractivity contribution in [2.75, 3.05) is 6.61 Å². The van der Waals surface area contributed by atoms with E-state index in [4.69, 9.17) is 8.92 Å². The van der Waals surface area contributed by atoms with Gasteiger partial charge in [0.05, 0.1) is 17.4 Å². The molecular weight excluding hydrogens is 504 g/mol. The lowest BCUT2D eigenvalue weighted by atomic mass is 9.96. The second-order valence-electron chi connectivity index (χ2n) is 10.5. The first-order chi connectivity index (χ1) is 17.5. The molecule has 196 valence electrons.